The lowest BCUT2D eigenvalue weighted by Crippen LogP contribution is -2.13. The minimum Gasteiger partial charge on any atom is -0.320 e. The zero-order chi connectivity index (χ0) is 23.3. The average Bonchev–Trinajstić information content (AvgIpc) is 3.06. The SMILES string of the molecule is CCCCc1ccc(-n2c(C)cc(/C=C(/C#N)C(=O)Nc3cccc(Cl)c3Cl)c2C)cc1. The number of aromatic nitrogens is 1. The smallest absolute Gasteiger partial charge is 0.266 e. The summed E-state index contributed by atoms with van der Waals surface area (Å²) in [6, 6.07) is 17.4. The Morgan fingerprint density at radius 3 is 2.53 bits per heavy atom. The molecule has 1 amide bonds. The number of anilines is 1. The van der Waals surface area contributed by atoms with Gasteiger partial charge in [0.2, 0.25) is 0 Å². The van der Waals surface area contributed by atoms with Gasteiger partial charge in [0.25, 0.3) is 5.91 Å². The molecular formula is C26H25Cl2N3O. The molecule has 1 heterocycles. The van der Waals surface area contributed by atoms with Crippen LogP contribution in [0.5, 0.6) is 0 Å². The molecule has 0 atom stereocenters. The second-order valence-corrected chi connectivity index (χ2v) is 8.44. The number of nitriles is 1. The van der Waals surface area contributed by atoms with Crippen molar-refractivity contribution in [1.82, 2.24) is 4.57 Å². The first-order chi connectivity index (χ1) is 15.3. The molecule has 1 N–H and O–H groups in total. The van der Waals surface area contributed by atoms with Gasteiger partial charge in [0.15, 0.2) is 0 Å². The van der Waals surface area contributed by atoms with Gasteiger partial charge in [-0.2, -0.15) is 5.26 Å². The summed E-state index contributed by atoms with van der Waals surface area (Å²) in [4.78, 5) is 12.7. The maximum atomic E-state index is 12.7. The van der Waals surface area contributed by atoms with E-state index in [1.54, 1.807) is 24.3 Å². The number of nitrogens with one attached hydrogen (secondary N) is 1. The Bertz CT molecular complexity index is 1200. The van der Waals surface area contributed by atoms with Crippen LogP contribution in [0.2, 0.25) is 10.0 Å². The van der Waals surface area contributed by atoms with Crippen LogP contribution in [0.25, 0.3) is 11.8 Å². The quantitative estimate of drug-likeness (QED) is 0.294. The Hall–Kier alpha value is -3.00. The minimum atomic E-state index is -0.540. The lowest BCUT2D eigenvalue weighted by atomic mass is 10.1. The number of carbonyl (C=O) groups excluding carboxylic acids is 1. The fraction of sp³-hybridized carbons (Fsp3) is 0.231. The van der Waals surface area contributed by atoms with Crippen LogP contribution in [0.4, 0.5) is 5.69 Å². The summed E-state index contributed by atoms with van der Waals surface area (Å²) in [5, 5.41) is 12.8. The van der Waals surface area contributed by atoms with Crippen molar-refractivity contribution >= 4 is 40.9 Å². The first-order valence-corrected chi connectivity index (χ1v) is 11.3. The molecule has 0 spiro atoms. The predicted octanol–water partition coefficient (Wildman–Crippen LogP) is 7.29. The number of carbonyl (C=O) groups is 1. The summed E-state index contributed by atoms with van der Waals surface area (Å²) in [7, 11) is 0. The zero-order valence-electron chi connectivity index (χ0n) is 18.4. The van der Waals surface area contributed by atoms with Crippen molar-refractivity contribution in [3.05, 3.63) is 86.7 Å². The Balaban J connectivity index is 1.88. The van der Waals surface area contributed by atoms with Crippen molar-refractivity contribution in [2.75, 3.05) is 5.32 Å². The van der Waals surface area contributed by atoms with E-state index in [0.717, 1.165) is 29.1 Å². The number of nitrogens with zero attached hydrogens (tertiary/aromatic N) is 2. The summed E-state index contributed by atoms with van der Waals surface area (Å²) >= 11 is 12.2. The number of unbranched alkanes of at least 4 members (excludes halogenated alkanes) is 1. The lowest BCUT2D eigenvalue weighted by Gasteiger charge is -2.11. The van der Waals surface area contributed by atoms with E-state index in [-0.39, 0.29) is 10.6 Å². The topological polar surface area (TPSA) is 57.8 Å². The molecule has 2 aromatic carbocycles. The molecule has 0 aliphatic rings. The van der Waals surface area contributed by atoms with Crippen molar-refractivity contribution in [3.63, 3.8) is 0 Å². The fourth-order valence-electron chi connectivity index (χ4n) is 3.62. The van der Waals surface area contributed by atoms with Crippen molar-refractivity contribution < 1.29 is 4.79 Å². The molecule has 0 aliphatic carbocycles. The van der Waals surface area contributed by atoms with E-state index < -0.39 is 5.91 Å². The van der Waals surface area contributed by atoms with Gasteiger partial charge in [0, 0.05) is 17.1 Å². The van der Waals surface area contributed by atoms with E-state index in [1.807, 2.05) is 26.0 Å². The van der Waals surface area contributed by atoms with Crippen LogP contribution in [0, 0.1) is 25.2 Å². The van der Waals surface area contributed by atoms with Gasteiger partial charge in [0.1, 0.15) is 11.6 Å². The maximum Gasteiger partial charge on any atom is 0.266 e. The highest BCUT2D eigenvalue weighted by molar-refractivity contribution is 6.44. The largest absolute Gasteiger partial charge is 0.320 e. The molecule has 0 radical (unpaired) electrons. The Kier molecular flexibility index (Phi) is 7.80. The summed E-state index contributed by atoms with van der Waals surface area (Å²) in [5.74, 6) is -0.540. The highest BCUT2D eigenvalue weighted by Gasteiger charge is 2.15. The maximum absolute atomic E-state index is 12.7. The second kappa shape index (κ2) is 10.5. The second-order valence-electron chi connectivity index (χ2n) is 7.66. The van der Waals surface area contributed by atoms with Crippen molar-refractivity contribution in [2.45, 2.75) is 40.0 Å². The van der Waals surface area contributed by atoms with E-state index in [4.69, 9.17) is 23.2 Å². The number of aryl methyl sites for hydroxylation is 2. The number of hydrogen-bond acceptors (Lipinski definition) is 2. The molecule has 4 nitrogen and oxygen atoms in total. The Labute approximate surface area is 199 Å². The molecule has 1 aromatic heterocycles. The molecule has 3 rings (SSSR count). The molecule has 0 unspecified atom stereocenters. The Morgan fingerprint density at radius 2 is 1.88 bits per heavy atom. The van der Waals surface area contributed by atoms with E-state index >= 15 is 0 Å². The van der Waals surface area contributed by atoms with Crippen molar-refractivity contribution in [3.8, 4) is 11.8 Å². The third-order valence-electron chi connectivity index (χ3n) is 5.35. The monoisotopic (exact) mass is 465 g/mol. The van der Waals surface area contributed by atoms with Crippen LogP contribution >= 0.6 is 23.2 Å². The molecule has 32 heavy (non-hydrogen) atoms. The number of rotatable bonds is 7. The first-order valence-electron chi connectivity index (χ1n) is 10.5. The van der Waals surface area contributed by atoms with Crippen molar-refractivity contribution in [2.24, 2.45) is 0 Å². The van der Waals surface area contributed by atoms with Crippen LogP contribution < -0.4 is 5.32 Å². The van der Waals surface area contributed by atoms with Gasteiger partial charge in [-0.05, 0) is 74.2 Å². The lowest BCUT2D eigenvalue weighted by molar-refractivity contribution is -0.112. The van der Waals surface area contributed by atoms with E-state index in [1.165, 1.54) is 18.4 Å². The van der Waals surface area contributed by atoms with Gasteiger partial charge in [-0.25, -0.2) is 0 Å². The van der Waals surface area contributed by atoms with Crippen LogP contribution in [0.15, 0.2) is 54.1 Å². The zero-order valence-corrected chi connectivity index (χ0v) is 19.9. The molecular weight excluding hydrogens is 441 g/mol. The molecule has 0 bridgehead atoms. The van der Waals surface area contributed by atoms with Gasteiger partial charge >= 0.3 is 0 Å². The molecule has 164 valence electrons. The van der Waals surface area contributed by atoms with Crippen LogP contribution in [0.1, 0.15) is 42.3 Å². The third-order valence-corrected chi connectivity index (χ3v) is 6.17. The summed E-state index contributed by atoms with van der Waals surface area (Å²) in [5.41, 5.74) is 5.49. The first kappa shape index (κ1) is 23.7. The summed E-state index contributed by atoms with van der Waals surface area (Å²) in [6.45, 7) is 6.17. The van der Waals surface area contributed by atoms with E-state index in [9.17, 15) is 10.1 Å². The number of halogens is 2. The summed E-state index contributed by atoms with van der Waals surface area (Å²) < 4.78 is 2.12. The molecule has 0 saturated carbocycles. The molecule has 0 saturated heterocycles. The van der Waals surface area contributed by atoms with Crippen molar-refractivity contribution in [1.29, 1.82) is 5.26 Å². The normalized spacial score (nSPS) is 11.3. The van der Waals surface area contributed by atoms with Gasteiger partial charge in [-0.15, -0.1) is 0 Å². The Morgan fingerprint density at radius 1 is 1.16 bits per heavy atom. The number of amides is 1. The average molecular weight is 466 g/mol. The van der Waals surface area contributed by atoms with Gasteiger partial charge in [-0.1, -0.05) is 54.7 Å². The standard InChI is InChI=1S/C26H25Cl2N3O/c1-4-5-7-19-10-12-22(13-11-19)31-17(2)14-20(18(31)3)15-21(16-29)26(32)30-24-9-6-8-23(27)25(24)28/h6,8-15H,4-5,7H2,1-3H3,(H,30,32)/b21-15-. The van der Waals surface area contributed by atoms with Gasteiger partial charge in [0.05, 0.1) is 15.7 Å². The van der Waals surface area contributed by atoms with Crippen LogP contribution in [-0.2, 0) is 11.2 Å². The van der Waals surface area contributed by atoms with Crippen LogP contribution in [0.3, 0.4) is 0 Å². The van der Waals surface area contributed by atoms with E-state index in [2.05, 4.69) is 41.1 Å². The highest BCUT2D eigenvalue weighted by Crippen LogP contribution is 2.30. The predicted molar refractivity (Wildman–Crippen MR) is 133 cm³/mol. The van der Waals surface area contributed by atoms with E-state index in [0.29, 0.717) is 10.7 Å². The number of benzene rings is 2. The number of hydrogen-bond donors (Lipinski definition) is 1. The van der Waals surface area contributed by atoms with Gasteiger partial charge in [-0.3, -0.25) is 4.79 Å². The molecule has 3 aromatic rings. The third kappa shape index (κ3) is 5.24. The van der Waals surface area contributed by atoms with Gasteiger partial charge < -0.3 is 9.88 Å². The molecule has 0 aliphatic heterocycles. The van der Waals surface area contributed by atoms with Crippen LogP contribution in [-0.4, -0.2) is 10.5 Å². The summed E-state index contributed by atoms with van der Waals surface area (Å²) in [6.07, 6.45) is 5.02. The fourth-order valence-corrected chi connectivity index (χ4v) is 3.97. The minimum absolute atomic E-state index is 0.0174. The molecule has 6 heteroatoms. The molecule has 0 fully saturated rings. The highest BCUT2D eigenvalue weighted by atomic mass is 35.5.